The lowest BCUT2D eigenvalue weighted by atomic mass is 9.86. The van der Waals surface area contributed by atoms with Gasteiger partial charge < -0.3 is 19.7 Å². The van der Waals surface area contributed by atoms with E-state index in [1.807, 2.05) is 38.1 Å². The predicted molar refractivity (Wildman–Crippen MR) is 141 cm³/mol. The third-order valence-electron chi connectivity index (χ3n) is 7.70. The fourth-order valence-electron chi connectivity index (χ4n) is 5.80. The average Bonchev–Trinajstić information content (AvgIpc) is 3.33. The van der Waals surface area contributed by atoms with Crippen LogP contribution in [0.25, 0.3) is 0 Å². The molecule has 7 nitrogen and oxygen atoms in total. The second-order valence-corrected chi connectivity index (χ2v) is 10.8. The number of carbonyl (C=O) groups is 3. The number of nitrogens with zero attached hydrogens (tertiary/aromatic N) is 1. The summed E-state index contributed by atoms with van der Waals surface area (Å²) < 4.78 is 39.5. The Morgan fingerprint density at radius 3 is 2.26 bits per heavy atom. The van der Waals surface area contributed by atoms with Crippen LogP contribution in [0.15, 0.2) is 42.5 Å². The summed E-state index contributed by atoms with van der Waals surface area (Å²) in [5, 5.41) is 2.93. The fraction of sp³-hybridized carbons (Fsp3) is 0.500. The molecular weight excluding hydrogens is 506 g/mol. The quantitative estimate of drug-likeness (QED) is 0.432. The van der Waals surface area contributed by atoms with Gasteiger partial charge in [0, 0.05) is 38.7 Å². The number of methoxy groups -OCH3 is 2. The average molecular weight is 543 g/mol. The molecule has 1 N–H and O–H groups in total. The van der Waals surface area contributed by atoms with E-state index >= 15 is 4.39 Å². The highest BCUT2D eigenvalue weighted by Gasteiger charge is 2.49. The molecule has 9 heteroatoms. The molecule has 3 atom stereocenters. The van der Waals surface area contributed by atoms with Gasteiger partial charge in [0.05, 0.1) is 0 Å². The van der Waals surface area contributed by atoms with Gasteiger partial charge in [0.2, 0.25) is 11.8 Å². The van der Waals surface area contributed by atoms with Crippen LogP contribution in [-0.2, 0) is 36.7 Å². The highest BCUT2D eigenvalue weighted by molar-refractivity contribution is 6.00. The van der Waals surface area contributed by atoms with Gasteiger partial charge in [-0.2, -0.15) is 0 Å². The van der Waals surface area contributed by atoms with Crippen molar-refractivity contribution in [2.75, 3.05) is 14.2 Å². The Hall–Kier alpha value is -3.17. The monoisotopic (exact) mass is 542 g/mol. The Morgan fingerprint density at radius 2 is 1.69 bits per heavy atom. The number of carbonyl (C=O) groups excluding carboxylic acids is 3. The summed E-state index contributed by atoms with van der Waals surface area (Å²) in [6.45, 7) is 3.82. The minimum Gasteiger partial charge on any atom is -0.356 e. The van der Waals surface area contributed by atoms with Gasteiger partial charge in [0.25, 0.3) is 0 Å². The summed E-state index contributed by atoms with van der Waals surface area (Å²) in [6, 6.07) is 7.55. The van der Waals surface area contributed by atoms with E-state index in [-0.39, 0.29) is 42.6 Å². The zero-order valence-corrected chi connectivity index (χ0v) is 22.8. The topological polar surface area (TPSA) is 84.9 Å². The number of ketones is 1. The third kappa shape index (κ3) is 6.20. The maximum atomic E-state index is 15.3. The first-order chi connectivity index (χ1) is 18.6. The van der Waals surface area contributed by atoms with Crippen molar-refractivity contribution in [2.45, 2.75) is 70.4 Å². The zero-order chi connectivity index (χ0) is 28.3. The Kier molecular flexibility index (Phi) is 9.12. The molecule has 210 valence electrons. The molecule has 2 amide bonds. The van der Waals surface area contributed by atoms with E-state index in [1.165, 1.54) is 25.2 Å². The van der Waals surface area contributed by atoms with E-state index in [0.29, 0.717) is 18.9 Å². The van der Waals surface area contributed by atoms with E-state index in [2.05, 4.69) is 5.32 Å². The Labute approximate surface area is 227 Å². The summed E-state index contributed by atoms with van der Waals surface area (Å²) in [7, 11) is 2.88. The smallest absolute Gasteiger partial charge is 0.247 e. The van der Waals surface area contributed by atoms with Gasteiger partial charge in [-0.15, -0.1) is 0 Å². The molecule has 2 aromatic rings. The molecule has 1 aliphatic heterocycles. The van der Waals surface area contributed by atoms with Crippen LogP contribution in [-0.4, -0.2) is 55.1 Å². The van der Waals surface area contributed by atoms with Crippen molar-refractivity contribution in [1.29, 1.82) is 0 Å². The van der Waals surface area contributed by atoms with Crippen LogP contribution in [0, 0.1) is 23.5 Å². The van der Waals surface area contributed by atoms with Gasteiger partial charge in [0.1, 0.15) is 29.8 Å². The molecule has 1 fully saturated rings. The van der Waals surface area contributed by atoms with E-state index in [9.17, 15) is 18.8 Å². The van der Waals surface area contributed by atoms with Gasteiger partial charge in [-0.1, -0.05) is 44.2 Å². The van der Waals surface area contributed by atoms with E-state index in [1.54, 1.807) is 0 Å². The predicted octanol–water partition coefficient (Wildman–Crippen LogP) is 4.13. The number of ether oxygens (including phenoxy) is 2. The van der Waals surface area contributed by atoms with Crippen LogP contribution >= 0.6 is 0 Å². The maximum Gasteiger partial charge on any atom is 0.247 e. The van der Waals surface area contributed by atoms with Crippen LogP contribution in [0.2, 0.25) is 0 Å². The molecule has 4 rings (SSSR count). The fourth-order valence-corrected chi connectivity index (χ4v) is 5.80. The molecule has 0 saturated carbocycles. The molecular formula is C30H36F2N2O5. The number of hydrogen-bond acceptors (Lipinski definition) is 5. The molecule has 0 unspecified atom stereocenters. The number of benzene rings is 2. The normalized spacial score (nSPS) is 20.5. The highest BCUT2D eigenvalue weighted by Crippen LogP contribution is 2.37. The second kappa shape index (κ2) is 12.3. The zero-order valence-electron chi connectivity index (χ0n) is 22.8. The van der Waals surface area contributed by atoms with Crippen LogP contribution in [0.3, 0.4) is 0 Å². The molecule has 39 heavy (non-hydrogen) atoms. The van der Waals surface area contributed by atoms with Gasteiger partial charge >= 0.3 is 0 Å². The minimum absolute atomic E-state index is 0.00325. The van der Waals surface area contributed by atoms with Crippen molar-refractivity contribution in [3.63, 3.8) is 0 Å². The lowest BCUT2D eigenvalue weighted by Crippen LogP contribution is -2.66. The maximum absolute atomic E-state index is 15.3. The van der Waals surface area contributed by atoms with Crippen molar-refractivity contribution in [1.82, 2.24) is 10.2 Å². The molecule has 0 spiro atoms. The van der Waals surface area contributed by atoms with Crippen LogP contribution in [0.5, 0.6) is 0 Å². The van der Waals surface area contributed by atoms with Crippen LogP contribution in [0.1, 0.15) is 55.8 Å². The molecule has 1 aliphatic carbocycles. The molecule has 0 radical (unpaired) electrons. The summed E-state index contributed by atoms with van der Waals surface area (Å²) in [4.78, 5) is 42.9. The molecule has 1 heterocycles. The Balaban J connectivity index is 1.75. The van der Waals surface area contributed by atoms with Gasteiger partial charge in [-0.05, 0) is 48.3 Å². The first-order valence-electron chi connectivity index (χ1n) is 13.4. The second-order valence-electron chi connectivity index (χ2n) is 10.8. The summed E-state index contributed by atoms with van der Waals surface area (Å²) in [6.07, 6.45) is 0.859. The standard InChI is InChI=1S/C30H36F2N2O5/c1-17(2)13-24-29(36)33-27(20-14-18-7-5-6-8-19(18)15-20)30(37)34(24)28(22-10-9-21(31)16-23(22)32)25(35)11-12-26(38-3)39-4/h5-10,16-17,20,24,26-28H,11-15H2,1-4H3,(H,33,36)/t24-,27-,28-/m1/s1. The number of fused-ring (bicyclic) bond motifs is 1. The van der Waals surface area contributed by atoms with Gasteiger partial charge in [0.15, 0.2) is 12.1 Å². The number of piperazine rings is 1. The number of rotatable bonds is 11. The van der Waals surface area contributed by atoms with Crippen molar-refractivity contribution < 1.29 is 32.6 Å². The summed E-state index contributed by atoms with van der Waals surface area (Å²) in [5.41, 5.74) is 2.09. The van der Waals surface area contributed by atoms with Crippen LogP contribution in [0.4, 0.5) is 8.78 Å². The number of Topliss-reactive ketones (excluding diaryl/α,β-unsaturated/α-hetero) is 1. The Bertz CT molecular complexity index is 1190. The molecule has 2 aliphatic rings. The van der Waals surface area contributed by atoms with E-state index < -0.39 is 47.7 Å². The van der Waals surface area contributed by atoms with Crippen molar-refractivity contribution in [3.8, 4) is 0 Å². The largest absolute Gasteiger partial charge is 0.356 e. The van der Waals surface area contributed by atoms with Gasteiger partial charge in [-0.25, -0.2) is 8.78 Å². The number of hydrogen-bond donors (Lipinski definition) is 1. The lowest BCUT2D eigenvalue weighted by molar-refractivity contribution is -0.158. The van der Waals surface area contributed by atoms with E-state index in [0.717, 1.165) is 17.2 Å². The minimum atomic E-state index is -1.41. The summed E-state index contributed by atoms with van der Waals surface area (Å²) >= 11 is 0. The SMILES string of the molecule is COC(CCC(=O)[C@@H](c1ccc(F)cc1F)N1C(=O)[C@@H](C2Cc3ccccc3C2)NC(=O)[C@H]1CC(C)C)OC. The molecule has 2 aromatic carbocycles. The number of amides is 2. The first-order valence-corrected chi connectivity index (χ1v) is 13.4. The molecule has 0 aromatic heterocycles. The first kappa shape index (κ1) is 28.8. The van der Waals surface area contributed by atoms with Crippen molar-refractivity contribution >= 4 is 17.6 Å². The number of halogens is 2. The van der Waals surface area contributed by atoms with Crippen molar-refractivity contribution in [3.05, 3.63) is 70.8 Å². The lowest BCUT2D eigenvalue weighted by Gasteiger charge is -2.45. The molecule has 0 bridgehead atoms. The highest BCUT2D eigenvalue weighted by atomic mass is 19.1. The van der Waals surface area contributed by atoms with Crippen molar-refractivity contribution in [2.24, 2.45) is 11.8 Å². The summed E-state index contributed by atoms with van der Waals surface area (Å²) in [5.74, 6) is -3.25. The van der Waals surface area contributed by atoms with Crippen LogP contribution < -0.4 is 5.32 Å². The van der Waals surface area contributed by atoms with E-state index in [4.69, 9.17) is 9.47 Å². The van der Waals surface area contributed by atoms with Gasteiger partial charge in [-0.3, -0.25) is 14.4 Å². The molecule has 1 saturated heterocycles. The number of nitrogens with one attached hydrogen (secondary N) is 1. The third-order valence-corrected chi connectivity index (χ3v) is 7.70. The Morgan fingerprint density at radius 1 is 1.05 bits per heavy atom.